The molecule has 0 saturated heterocycles. The van der Waals surface area contributed by atoms with Crippen molar-refractivity contribution < 1.29 is 18.3 Å². The topological polar surface area (TPSA) is 56.7 Å². The highest BCUT2D eigenvalue weighted by Gasteiger charge is 2.26. The molecule has 132 valence electrons. The zero-order valence-corrected chi connectivity index (χ0v) is 14.0. The van der Waals surface area contributed by atoms with E-state index in [-0.39, 0.29) is 19.0 Å². The van der Waals surface area contributed by atoms with Crippen molar-refractivity contribution in [2.75, 3.05) is 19.6 Å². The van der Waals surface area contributed by atoms with Crippen molar-refractivity contribution in [1.82, 2.24) is 10.6 Å². The Bertz CT molecular complexity index is 652. The van der Waals surface area contributed by atoms with Gasteiger partial charge in [-0.1, -0.05) is 18.2 Å². The molecule has 2 rings (SSSR count). The zero-order chi connectivity index (χ0) is 17.6. The lowest BCUT2D eigenvalue weighted by molar-refractivity contribution is -0.132. The molecule has 24 heavy (non-hydrogen) atoms. The Kier molecular flexibility index (Phi) is 6.44. The first-order chi connectivity index (χ1) is 11.4. The molecule has 0 aliphatic carbocycles. The predicted octanol–water partition coefficient (Wildman–Crippen LogP) is 3.44. The maximum Gasteiger partial charge on any atom is 0.390 e. The fourth-order valence-corrected chi connectivity index (χ4v) is 3.14. The second-order valence-electron chi connectivity index (χ2n) is 5.21. The van der Waals surface area contributed by atoms with Crippen LogP contribution in [0.15, 0.2) is 35.3 Å². The molecule has 0 bridgehead atoms. The van der Waals surface area contributed by atoms with Crippen LogP contribution in [0, 0.1) is 0 Å². The van der Waals surface area contributed by atoms with Crippen LogP contribution in [0.1, 0.15) is 24.3 Å². The SMILES string of the molecule is CCNC(=NCC(O)c1cc2ccccc2s1)NCCC(F)(F)F. The third kappa shape index (κ3) is 5.68. The molecule has 4 nitrogen and oxygen atoms in total. The van der Waals surface area contributed by atoms with Crippen molar-refractivity contribution in [3.05, 3.63) is 35.2 Å². The van der Waals surface area contributed by atoms with Gasteiger partial charge in [0.25, 0.3) is 0 Å². The molecule has 0 saturated carbocycles. The van der Waals surface area contributed by atoms with Gasteiger partial charge in [0.05, 0.1) is 13.0 Å². The number of thiophene rings is 1. The summed E-state index contributed by atoms with van der Waals surface area (Å²) in [5, 5.41) is 16.8. The van der Waals surface area contributed by atoms with E-state index in [4.69, 9.17) is 0 Å². The zero-order valence-electron chi connectivity index (χ0n) is 13.2. The Balaban J connectivity index is 1.96. The highest BCUT2D eigenvalue weighted by atomic mass is 32.1. The summed E-state index contributed by atoms with van der Waals surface area (Å²) < 4.78 is 37.6. The van der Waals surface area contributed by atoms with E-state index in [9.17, 15) is 18.3 Å². The molecule has 1 atom stereocenters. The number of aliphatic imine (C=N–C) groups is 1. The molecule has 1 aromatic carbocycles. The lowest BCUT2D eigenvalue weighted by atomic mass is 10.2. The van der Waals surface area contributed by atoms with Crippen LogP contribution in [-0.2, 0) is 0 Å². The molecule has 0 amide bonds. The van der Waals surface area contributed by atoms with Gasteiger partial charge < -0.3 is 15.7 Å². The fraction of sp³-hybridized carbons (Fsp3) is 0.438. The lowest BCUT2D eigenvalue weighted by Crippen LogP contribution is -2.39. The normalized spacial score (nSPS) is 14.0. The largest absolute Gasteiger partial charge is 0.390 e. The molecule has 1 heterocycles. The minimum absolute atomic E-state index is 0.0776. The van der Waals surface area contributed by atoms with Crippen LogP contribution in [0.3, 0.4) is 0 Å². The van der Waals surface area contributed by atoms with Crippen LogP contribution in [0.5, 0.6) is 0 Å². The number of halogens is 3. The molecule has 1 unspecified atom stereocenters. The van der Waals surface area contributed by atoms with Crippen molar-refractivity contribution in [2.45, 2.75) is 25.6 Å². The van der Waals surface area contributed by atoms with Gasteiger partial charge in [0.2, 0.25) is 0 Å². The Labute approximate surface area is 142 Å². The second-order valence-corrected chi connectivity index (χ2v) is 6.33. The van der Waals surface area contributed by atoms with E-state index in [1.165, 1.54) is 11.3 Å². The smallest absolute Gasteiger partial charge is 0.386 e. The van der Waals surface area contributed by atoms with Crippen molar-refractivity contribution in [1.29, 1.82) is 0 Å². The van der Waals surface area contributed by atoms with Crippen LogP contribution in [0.4, 0.5) is 13.2 Å². The van der Waals surface area contributed by atoms with E-state index in [2.05, 4.69) is 15.6 Å². The molecule has 3 N–H and O–H groups in total. The summed E-state index contributed by atoms with van der Waals surface area (Å²) in [4.78, 5) is 4.95. The van der Waals surface area contributed by atoms with Crippen LogP contribution >= 0.6 is 11.3 Å². The number of hydrogen-bond acceptors (Lipinski definition) is 3. The van der Waals surface area contributed by atoms with Crippen LogP contribution < -0.4 is 10.6 Å². The first kappa shape index (κ1) is 18.5. The number of benzene rings is 1. The Morgan fingerprint density at radius 2 is 2.04 bits per heavy atom. The number of rotatable bonds is 6. The number of aliphatic hydroxyl groups is 1. The molecule has 2 aromatic rings. The summed E-state index contributed by atoms with van der Waals surface area (Å²) in [5.74, 6) is 0.266. The van der Waals surface area contributed by atoms with Gasteiger partial charge in [-0.2, -0.15) is 13.2 Å². The number of nitrogens with one attached hydrogen (secondary N) is 2. The molecule has 0 radical (unpaired) electrons. The van der Waals surface area contributed by atoms with Crippen LogP contribution in [-0.4, -0.2) is 36.9 Å². The summed E-state index contributed by atoms with van der Waals surface area (Å²) >= 11 is 1.48. The summed E-state index contributed by atoms with van der Waals surface area (Å²) in [5.41, 5.74) is 0. The lowest BCUT2D eigenvalue weighted by Gasteiger charge is -2.13. The van der Waals surface area contributed by atoms with Crippen molar-refractivity contribution in [2.24, 2.45) is 4.99 Å². The number of hydrogen-bond donors (Lipinski definition) is 3. The number of fused-ring (bicyclic) bond motifs is 1. The molecular weight excluding hydrogens is 339 g/mol. The molecule has 0 spiro atoms. The summed E-state index contributed by atoms with van der Waals surface area (Å²) in [6.45, 7) is 2.17. The molecule has 1 aromatic heterocycles. The quantitative estimate of drug-likeness (QED) is 0.547. The third-order valence-electron chi connectivity index (χ3n) is 3.24. The van der Waals surface area contributed by atoms with Crippen LogP contribution in [0.2, 0.25) is 0 Å². The number of aliphatic hydroxyl groups excluding tert-OH is 1. The van der Waals surface area contributed by atoms with Gasteiger partial charge in [0.15, 0.2) is 5.96 Å². The van der Waals surface area contributed by atoms with E-state index < -0.39 is 18.7 Å². The van der Waals surface area contributed by atoms with Gasteiger partial charge >= 0.3 is 6.18 Å². The van der Waals surface area contributed by atoms with Crippen molar-refractivity contribution >= 4 is 27.4 Å². The summed E-state index contributed by atoms with van der Waals surface area (Å²) in [6.07, 6.45) is -5.93. The Morgan fingerprint density at radius 3 is 2.71 bits per heavy atom. The monoisotopic (exact) mass is 359 g/mol. The standard InChI is InChI=1S/C16H20F3N3OS/c1-2-20-15(21-8-7-16(17,18)19)22-10-12(23)14-9-11-5-3-4-6-13(11)24-14/h3-6,9,12,23H,2,7-8,10H2,1H3,(H2,20,21,22). The summed E-state index contributed by atoms with van der Waals surface area (Å²) in [6, 6.07) is 9.71. The maximum atomic E-state index is 12.2. The van der Waals surface area contributed by atoms with Crippen LogP contribution in [0.25, 0.3) is 10.1 Å². The molecule has 0 aliphatic rings. The first-order valence-electron chi connectivity index (χ1n) is 7.64. The average molecular weight is 359 g/mol. The average Bonchev–Trinajstić information content (AvgIpc) is 2.95. The van der Waals surface area contributed by atoms with Gasteiger partial charge in [0, 0.05) is 22.7 Å². The van der Waals surface area contributed by atoms with Gasteiger partial charge in [0.1, 0.15) is 6.10 Å². The van der Waals surface area contributed by atoms with Gasteiger partial charge in [-0.25, -0.2) is 0 Å². The molecule has 8 heteroatoms. The Morgan fingerprint density at radius 1 is 1.29 bits per heavy atom. The van der Waals surface area contributed by atoms with Gasteiger partial charge in [-0.15, -0.1) is 11.3 Å². The Hall–Kier alpha value is -1.80. The first-order valence-corrected chi connectivity index (χ1v) is 8.46. The van der Waals surface area contributed by atoms with Gasteiger partial charge in [-0.3, -0.25) is 4.99 Å². The highest BCUT2D eigenvalue weighted by Crippen LogP contribution is 2.29. The number of guanidine groups is 1. The van der Waals surface area contributed by atoms with E-state index in [1.807, 2.05) is 37.3 Å². The van der Waals surface area contributed by atoms with Gasteiger partial charge in [-0.05, 0) is 24.4 Å². The fourth-order valence-electron chi connectivity index (χ4n) is 2.10. The van der Waals surface area contributed by atoms with E-state index in [0.29, 0.717) is 6.54 Å². The van der Waals surface area contributed by atoms with E-state index in [0.717, 1.165) is 15.0 Å². The summed E-state index contributed by atoms with van der Waals surface area (Å²) in [7, 11) is 0. The molecule has 0 aliphatic heterocycles. The highest BCUT2D eigenvalue weighted by molar-refractivity contribution is 7.19. The minimum atomic E-state index is -4.21. The predicted molar refractivity (Wildman–Crippen MR) is 91.4 cm³/mol. The maximum absolute atomic E-state index is 12.2. The van der Waals surface area contributed by atoms with E-state index >= 15 is 0 Å². The molecular formula is C16H20F3N3OS. The number of nitrogens with zero attached hydrogens (tertiary/aromatic N) is 1. The van der Waals surface area contributed by atoms with Crippen molar-refractivity contribution in [3.8, 4) is 0 Å². The minimum Gasteiger partial charge on any atom is -0.386 e. The number of alkyl halides is 3. The third-order valence-corrected chi connectivity index (χ3v) is 4.46. The second kappa shape index (κ2) is 8.34. The van der Waals surface area contributed by atoms with E-state index in [1.54, 1.807) is 0 Å². The molecule has 0 fully saturated rings. The van der Waals surface area contributed by atoms with Crippen molar-refractivity contribution in [3.63, 3.8) is 0 Å².